The summed E-state index contributed by atoms with van der Waals surface area (Å²) in [5.74, 6) is 0.717. The summed E-state index contributed by atoms with van der Waals surface area (Å²) in [4.78, 5) is 27.1. The summed E-state index contributed by atoms with van der Waals surface area (Å²) < 4.78 is 34.7. The Kier molecular flexibility index (Phi) is 14.4. The first-order valence-electron chi connectivity index (χ1n) is 19.2. The zero-order valence-corrected chi connectivity index (χ0v) is 38.4. The lowest BCUT2D eigenvalue weighted by Crippen LogP contribution is -2.21. The van der Waals surface area contributed by atoms with Crippen molar-refractivity contribution in [2.24, 2.45) is 20.5 Å². The monoisotopic (exact) mass is 951 g/mol. The lowest BCUT2D eigenvalue weighted by atomic mass is 10.2. The number of aromatic nitrogens is 5. The second kappa shape index (κ2) is 19.9. The number of benzene rings is 4. The fourth-order valence-corrected chi connectivity index (χ4v) is 9.72. The van der Waals surface area contributed by atoms with Crippen molar-refractivity contribution >= 4 is 144 Å². The molecule has 0 spiro atoms. The molecular weight excluding hydrogens is 914 g/mol. The number of hydrogen-bond acceptors (Lipinski definition) is 19. The molecule has 0 radical (unpaired) electrons. The number of rotatable bonds is 18. The van der Waals surface area contributed by atoms with Crippen LogP contribution in [0.1, 0.15) is 27.7 Å². The van der Waals surface area contributed by atoms with Crippen LogP contribution in [0.15, 0.2) is 97.2 Å². The van der Waals surface area contributed by atoms with Gasteiger partial charge in [-0.2, -0.15) is 23.4 Å². The van der Waals surface area contributed by atoms with E-state index in [1.54, 1.807) is 12.1 Å². The third kappa shape index (κ3) is 10.7. The molecule has 4 aromatic carbocycles. The molecule has 62 heavy (non-hydrogen) atoms. The molecule has 322 valence electrons. The molecule has 0 unspecified atom stereocenters. The van der Waals surface area contributed by atoms with Crippen LogP contribution in [0.3, 0.4) is 0 Å². The van der Waals surface area contributed by atoms with E-state index in [9.17, 15) is 18.1 Å². The maximum atomic E-state index is 11.8. The highest BCUT2D eigenvalue weighted by molar-refractivity contribution is 7.99. The van der Waals surface area contributed by atoms with E-state index in [0.29, 0.717) is 48.5 Å². The maximum Gasteiger partial charge on any atom is 0.296 e. The van der Waals surface area contributed by atoms with Crippen LogP contribution in [-0.4, -0.2) is 81.5 Å². The van der Waals surface area contributed by atoms with Gasteiger partial charge < -0.3 is 25.5 Å². The summed E-state index contributed by atoms with van der Waals surface area (Å²) in [5.41, 5.74) is 4.94. The van der Waals surface area contributed by atoms with Gasteiger partial charge >= 0.3 is 0 Å². The largest absolute Gasteiger partial charge is 0.396 e. The summed E-state index contributed by atoms with van der Waals surface area (Å²) in [6.45, 7) is 11.2. The van der Waals surface area contributed by atoms with Crippen molar-refractivity contribution in [3.8, 4) is 0 Å². The van der Waals surface area contributed by atoms with Crippen LogP contribution in [0.2, 0.25) is 10.0 Å². The third-order valence-corrected chi connectivity index (χ3v) is 13.4. The number of aliphatic hydroxyl groups is 1. The van der Waals surface area contributed by atoms with Gasteiger partial charge in [0.1, 0.15) is 16.3 Å². The van der Waals surface area contributed by atoms with Crippen LogP contribution < -0.4 is 20.4 Å². The van der Waals surface area contributed by atoms with Gasteiger partial charge in [0.15, 0.2) is 5.16 Å². The lowest BCUT2D eigenvalue weighted by Gasteiger charge is -2.22. The van der Waals surface area contributed by atoms with E-state index in [1.165, 1.54) is 35.2 Å². The van der Waals surface area contributed by atoms with Gasteiger partial charge in [-0.3, -0.25) is 4.55 Å². The minimum absolute atomic E-state index is 0.0954. The van der Waals surface area contributed by atoms with Crippen LogP contribution in [0.25, 0.3) is 20.4 Å². The molecule has 0 bridgehead atoms. The molecule has 0 fully saturated rings. The molecule has 0 atom stereocenters. The number of aliphatic hydroxyl groups excluding tert-OH is 1. The number of nitrogens with one attached hydrogen (secondary N) is 2. The Hall–Kier alpha value is -5.13. The first-order chi connectivity index (χ1) is 29.9. The summed E-state index contributed by atoms with van der Waals surface area (Å²) in [6.07, 6.45) is 0. The number of anilines is 6. The zero-order chi connectivity index (χ0) is 44.0. The lowest BCUT2D eigenvalue weighted by molar-refractivity contribution is 0.322. The van der Waals surface area contributed by atoms with Crippen LogP contribution >= 0.6 is 57.6 Å². The van der Waals surface area contributed by atoms with Crippen molar-refractivity contribution < 1.29 is 18.1 Å². The topological polar surface area (TPSA) is 219 Å². The van der Waals surface area contributed by atoms with Crippen LogP contribution in [0.4, 0.5) is 56.3 Å². The van der Waals surface area contributed by atoms with Gasteiger partial charge in [-0.15, -0.1) is 20.5 Å². The second-order valence-corrected chi connectivity index (χ2v) is 18.4. The predicted octanol–water partition coefficient (Wildman–Crippen LogP) is 11.7. The van der Waals surface area contributed by atoms with Gasteiger partial charge in [0.25, 0.3) is 10.1 Å². The van der Waals surface area contributed by atoms with Crippen LogP contribution in [-0.2, 0) is 10.1 Å². The summed E-state index contributed by atoms with van der Waals surface area (Å²) in [6, 6.07) is 19.5. The number of hydrogen-bond donors (Lipinski definition) is 4. The smallest absolute Gasteiger partial charge is 0.296 e. The van der Waals surface area contributed by atoms with Crippen LogP contribution in [0, 0.1) is 0 Å². The van der Waals surface area contributed by atoms with Crippen molar-refractivity contribution in [2.45, 2.75) is 37.7 Å². The first kappa shape index (κ1) is 44.9. The summed E-state index contributed by atoms with van der Waals surface area (Å²) in [7, 11) is -4.56. The van der Waals surface area contributed by atoms with Gasteiger partial charge in [-0.1, -0.05) is 57.6 Å². The number of fused-ring (bicyclic) bond motifs is 2. The van der Waals surface area contributed by atoms with Gasteiger partial charge in [0.05, 0.1) is 43.4 Å². The van der Waals surface area contributed by atoms with Gasteiger partial charge in [-0.25, -0.2) is 9.97 Å². The average Bonchev–Trinajstić information content (AvgIpc) is 3.85. The van der Waals surface area contributed by atoms with E-state index < -0.39 is 15.0 Å². The Bertz CT molecular complexity index is 2910. The number of azo groups is 2. The fourth-order valence-electron chi connectivity index (χ4n) is 6.18. The van der Waals surface area contributed by atoms with Gasteiger partial charge in [0.2, 0.25) is 22.2 Å². The Morgan fingerprint density at radius 3 is 1.73 bits per heavy atom. The molecule has 7 aromatic rings. The van der Waals surface area contributed by atoms with E-state index in [2.05, 4.69) is 88.5 Å². The molecule has 4 N–H and O–H groups in total. The normalized spacial score (nSPS) is 12.0. The van der Waals surface area contributed by atoms with Gasteiger partial charge in [-0.05, 0) is 94.4 Å². The van der Waals surface area contributed by atoms with Crippen molar-refractivity contribution in [1.29, 1.82) is 0 Å². The zero-order valence-electron chi connectivity index (χ0n) is 33.6. The average molecular weight is 953 g/mol. The minimum atomic E-state index is -4.56. The van der Waals surface area contributed by atoms with E-state index in [4.69, 9.17) is 28.2 Å². The van der Waals surface area contributed by atoms with Gasteiger partial charge in [0, 0.05) is 48.3 Å². The molecule has 17 nitrogen and oxygen atoms in total. The van der Waals surface area contributed by atoms with E-state index in [-0.39, 0.29) is 34.2 Å². The number of thioether (sulfide) groups is 1. The predicted molar refractivity (Wildman–Crippen MR) is 252 cm³/mol. The summed E-state index contributed by atoms with van der Waals surface area (Å²) in [5, 5.41) is 35.9. The highest BCUT2D eigenvalue weighted by Gasteiger charge is 2.19. The standard InChI is InChI=1S/C39H39Cl2N13O4S4/c1-5-53(6-2)23-10-13-26(49-51-38-44-28-12-9-22(40)17-32(28)60-38)29(18-23)42-35-46-36(48-37(47-35)59-16-15-55)43-30-19-24(54(7-3)8-4)11-14-27(30)50-52-39-45-31-21-34(62(56,57)58)25(41)20-33(31)61-39/h9-14,17-21,55H,5-8,15-16H2,1-4H3,(H,56,57,58)(H2,42,43,46,47,48). The first-order valence-corrected chi connectivity index (χ1v) is 24.0. The third-order valence-electron chi connectivity index (χ3n) is 9.18. The number of thiazole rings is 2. The Balaban J connectivity index is 1.26. The molecule has 3 heterocycles. The molecule has 0 saturated heterocycles. The highest BCUT2D eigenvalue weighted by atomic mass is 35.5. The van der Waals surface area contributed by atoms with E-state index in [0.717, 1.165) is 59.1 Å². The maximum absolute atomic E-state index is 11.8. The molecule has 7 rings (SSSR count). The number of nitrogens with zero attached hydrogens (tertiary/aromatic N) is 11. The van der Waals surface area contributed by atoms with Crippen molar-refractivity contribution in [1.82, 2.24) is 24.9 Å². The molecule has 0 aliphatic heterocycles. The molecule has 0 aliphatic carbocycles. The summed E-state index contributed by atoms with van der Waals surface area (Å²) >= 11 is 16.1. The highest BCUT2D eigenvalue weighted by Crippen LogP contribution is 2.39. The van der Waals surface area contributed by atoms with E-state index in [1.807, 2.05) is 42.5 Å². The molecular formula is C39H39Cl2N13O4S4. The number of halogens is 2. The SMILES string of the molecule is CCN(CC)c1ccc(N=Nc2nc3ccc(Cl)cc3s2)c(Nc2nc(Nc3cc(N(CC)CC)ccc3N=Nc3nc4cc(S(=O)(=O)O)c(Cl)cc4s3)nc(SCCO)n2)c1. The Labute approximate surface area is 379 Å². The van der Waals surface area contributed by atoms with Crippen LogP contribution in [0.5, 0.6) is 0 Å². The Morgan fingerprint density at radius 2 is 1.21 bits per heavy atom. The fraction of sp³-hybridized carbons (Fsp3) is 0.256. The molecule has 0 aliphatic rings. The van der Waals surface area contributed by atoms with E-state index >= 15 is 0 Å². The molecule has 0 saturated carbocycles. The molecule has 0 amide bonds. The second-order valence-electron chi connectivity index (χ2n) is 13.1. The van der Waals surface area contributed by atoms with Crippen molar-refractivity contribution in [3.63, 3.8) is 0 Å². The van der Waals surface area contributed by atoms with Crippen molar-refractivity contribution in [3.05, 3.63) is 76.8 Å². The quantitative estimate of drug-likeness (QED) is 0.0357. The molecule has 23 heteroatoms. The minimum Gasteiger partial charge on any atom is -0.396 e. The Morgan fingerprint density at radius 1 is 0.677 bits per heavy atom. The van der Waals surface area contributed by atoms with Crippen molar-refractivity contribution in [2.75, 3.05) is 59.0 Å². The molecule has 3 aromatic heterocycles.